The summed E-state index contributed by atoms with van der Waals surface area (Å²) < 4.78 is 11.0. The Labute approximate surface area is 122 Å². The van der Waals surface area contributed by atoms with E-state index in [1.807, 2.05) is 24.3 Å². The van der Waals surface area contributed by atoms with Gasteiger partial charge in [-0.25, -0.2) is 0 Å². The molecule has 0 amide bonds. The maximum absolute atomic E-state index is 7.40. The van der Waals surface area contributed by atoms with Gasteiger partial charge in [0.25, 0.3) is 0 Å². The lowest BCUT2D eigenvalue weighted by molar-refractivity contribution is 0.284. The minimum atomic E-state index is -0.00690. The van der Waals surface area contributed by atoms with Crippen molar-refractivity contribution in [3.63, 3.8) is 0 Å². The van der Waals surface area contributed by atoms with Gasteiger partial charge in [-0.1, -0.05) is 23.7 Å². The predicted molar refractivity (Wildman–Crippen MR) is 79.8 cm³/mol. The molecule has 2 rings (SSSR count). The fraction of sp³-hybridized carbons (Fsp3) is 0.133. The largest absolute Gasteiger partial charge is 0.493 e. The lowest BCUT2D eigenvalue weighted by atomic mass is 10.2. The molecule has 4 nitrogen and oxygen atoms in total. The second kappa shape index (κ2) is 6.30. The van der Waals surface area contributed by atoms with E-state index in [0.29, 0.717) is 28.7 Å². The van der Waals surface area contributed by atoms with E-state index in [4.69, 9.17) is 32.2 Å². The lowest BCUT2D eigenvalue weighted by Crippen LogP contribution is -2.11. The smallest absolute Gasteiger partial charge is 0.161 e. The minimum absolute atomic E-state index is 0.00690. The van der Waals surface area contributed by atoms with Gasteiger partial charge >= 0.3 is 0 Å². The predicted octanol–water partition coefficient (Wildman–Crippen LogP) is 3.21. The molecule has 0 fully saturated rings. The molecule has 0 spiro atoms. The first-order valence-electron chi connectivity index (χ1n) is 6.00. The number of nitrogens with two attached hydrogens (primary N) is 1. The SMILES string of the molecule is COc1cc(C(=N)N)ccc1OCc1ccc(Cl)cc1. The summed E-state index contributed by atoms with van der Waals surface area (Å²) in [4.78, 5) is 0. The van der Waals surface area contributed by atoms with Gasteiger partial charge in [-0.3, -0.25) is 5.41 Å². The van der Waals surface area contributed by atoms with Crippen LogP contribution in [0.4, 0.5) is 0 Å². The van der Waals surface area contributed by atoms with Crippen molar-refractivity contribution < 1.29 is 9.47 Å². The molecule has 2 aromatic carbocycles. The van der Waals surface area contributed by atoms with Crippen LogP contribution in [0.2, 0.25) is 5.02 Å². The lowest BCUT2D eigenvalue weighted by Gasteiger charge is -2.12. The van der Waals surface area contributed by atoms with Crippen LogP contribution in [0.1, 0.15) is 11.1 Å². The number of hydrogen-bond acceptors (Lipinski definition) is 3. The number of benzene rings is 2. The highest BCUT2D eigenvalue weighted by Gasteiger charge is 2.07. The van der Waals surface area contributed by atoms with E-state index in [0.717, 1.165) is 5.56 Å². The number of nitrogen functional groups attached to an aromatic ring is 1. The molecular formula is C15H15ClN2O2. The summed E-state index contributed by atoms with van der Waals surface area (Å²) in [6.07, 6.45) is 0. The number of ether oxygens (including phenoxy) is 2. The first-order valence-corrected chi connectivity index (χ1v) is 6.37. The van der Waals surface area contributed by atoms with Crippen molar-refractivity contribution in [2.75, 3.05) is 7.11 Å². The first-order chi connectivity index (χ1) is 9.60. The van der Waals surface area contributed by atoms with Crippen LogP contribution in [0.3, 0.4) is 0 Å². The zero-order valence-electron chi connectivity index (χ0n) is 11.0. The van der Waals surface area contributed by atoms with Crippen molar-refractivity contribution in [2.45, 2.75) is 6.61 Å². The van der Waals surface area contributed by atoms with E-state index < -0.39 is 0 Å². The summed E-state index contributed by atoms with van der Waals surface area (Å²) in [7, 11) is 1.55. The standard InChI is InChI=1S/C15H15ClN2O2/c1-19-14-8-11(15(17)18)4-7-13(14)20-9-10-2-5-12(16)6-3-10/h2-8H,9H2,1H3,(H3,17,18). The van der Waals surface area contributed by atoms with E-state index >= 15 is 0 Å². The summed E-state index contributed by atoms with van der Waals surface area (Å²) in [5, 5.41) is 8.09. The Morgan fingerprint density at radius 2 is 1.85 bits per heavy atom. The molecule has 3 N–H and O–H groups in total. The monoisotopic (exact) mass is 290 g/mol. The van der Waals surface area contributed by atoms with E-state index in [1.165, 1.54) is 0 Å². The summed E-state index contributed by atoms with van der Waals surface area (Å²) in [6, 6.07) is 12.6. The number of halogens is 1. The van der Waals surface area contributed by atoms with Gasteiger partial charge < -0.3 is 15.2 Å². The van der Waals surface area contributed by atoms with E-state index in [2.05, 4.69) is 0 Å². The fourth-order valence-electron chi connectivity index (χ4n) is 1.70. The van der Waals surface area contributed by atoms with Crippen molar-refractivity contribution in [1.29, 1.82) is 5.41 Å². The normalized spacial score (nSPS) is 10.1. The molecule has 0 atom stereocenters. The van der Waals surface area contributed by atoms with Gasteiger partial charge in [0.15, 0.2) is 11.5 Å². The number of hydrogen-bond donors (Lipinski definition) is 2. The Morgan fingerprint density at radius 3 is 2.45 bits per heavy atom. The third-order valence-corrected chi connectivity index (χ3v) is 3.03. The molecule has 0 aliphatic heterocycles. The molecule has 0 aliphatic rings. The van der Waals surface area contributed by atoms with Gasteiger partial charge in [-0.05, 0) is 35.9 Å². The Kier molecular flexibility index (Phi) is 4.48. The van der Waals surface area contributed by atoms with Crippen LogP contribution in [0.15, 0.2) is 42.5 Å². The molecule has 0 aliphatic carbocycles. The van der Waals surface area contributed by atoms with Crippen LogP contribution in [-0.4, -0.2) is 12.9 Å². The van der Waals surface area contributed by atoms with Crippen molar-refractivity contribution in [1.82, 2.24) is 0 Å². The van der Waals surface area contributed by atoms with Crippen molar-refractivity contribution in [3.8, 4) is 11.5 Å². The van der Waals surface area contributed by atoms with E-state index in [9.17, 15) is 0 Å². The zero-order chi connectivity index (χ0) is 14.5. The molecule has 0 bridgehead atoms. The van der Waals surface area contributed by atoms with Crippen molar-refractivity contribution in [3.05, 3.63) is 58.6 Å². The topological polar surface area (TPSA) is 68.3 Å². The van der Waals surface area contributed by atoms with Crippen LogP contribution in [0, 0.1) is 5.41 Å². The molecule has 20 heavy (non-hydrogen) atoms. The van der Waals surface area contributed by atoms with Crippen molar-refractivity contribution >= 4 is 17.4 Å². The van der Waals surface area contributed by atoms with Gasteiger partial charge in [0.2, 0.25) is 0 Å². The Hall–Kier alpha value is -2.20. The second-order valence-electron chi connectivity index (χ2n) is 4.19. The van der Waals surface area contributed by atoms with Gasteiger partial charge in [0, 0.05) is 10.6 Å². The highest BCUT2D eigenvalue weighted by molar-refractivity contribution is 6.30. The molecule has 2 aromatic rings. The third-order valence-electron chi connectivity index (χ3n) is 2.78. The quantitative estimate of drug-likeness (QED) is 0.656. The zero-order valence-corrected chi connectivity index (χ0v) is 11.8. The average Bonchev–Trinajstić information content (AvgIpc) is 2.46. The summed E-state index contributed by atoms with van der Waals surface area (Å²) in [6.45, 7) is 0.410. The average molecular weight is 291 g/mol. The van der Waals surface area contributed by atoms with Crippen LogP contribution in [0.5, 0.6) is 11.5 Å². The Morgan fingerprint density at radius 1 is 1.15 bits per heavy atom. The molecule has 0 heterocycles. The molecule has 104 valence electrons. The van der Waals surface area contributed by atoms with Crippen molar-refractivity contribution in [2.24, 2.45) is 5.73 Å². The molecule has 0 saturated heterocycles. The summed E-state index contributed by atoms with van der Waals surface area (Å²) in [5.74, 6) is 1.15. The van der Waals surface area contributed by atoms with Crippen LogP contribution in [0.25, 0.3) is 0 Å². The molecule has 5 heteroatoms. The molecule has 0 saturated carbocycles. The molecular weight excluding hydrogens is 276 g/mol. The summed E-state index contributed by atoms with van der Waals surface area (Å²) >= 11 is 5.83. The summed E-state index contributed by atoms with van der Waals surface area (Å²) in [5.41, 5.74) is 7.05. The molecule has 0 radical (unpaired) electrons. The van der Waals surface area contributed by atoms with Crippen LogP contribution >= 0.6 is 11.6 Å². The Bertz CT molecular complexity index is 612. The minimum Gasteiger partial charge on any atom is -0.493 e. The first kappa shape index (κ1) is 14.2. The van der Waals surface area contributed by atoms with Gasteiger partial charge in [-0.2, -0.15) is 0 Å². The van der Waals surface area contributed by atoms with Gasteiger partial charge in [0.05, 0.1) is 7.11 Å². The highest BCUT2D eigenvalue weighted by atomic mass is 35.5. The number of methoxy groups -OCH3 is 1. The maximum Gasteiger partial charge on any atom is 0.161 e. The third kappa shape index (κ3) is 3.42. The number of nitrogens with one attached hydrogen (secondary N) is 1. The number of amidine groups is 1. The van der Waals surface area contributed by atoms with Gasteiger partial charge in [-0.15, -0.1) is 0 Å². The van der Waals surface area contributed by atoms with Crippen LogP contribution < -0.4 is 15.2 Å². The van der Waals surface area contributed by atoms with E-state index in [1.54, 1.807) is 25.3 Å². The maximum atomic E-state index is 7.40. The molecule has 0 unspecified atom stereocenters. The van der Waals surface area contributed by atoms with Gasteiger partial charge in [0.1, 0.15) is 12.4 Å². The number of rotatable bonds is 5. The van der Waals surface area contributed by atoms with E-state index in [-0.39, 0.29) is 5.84 Å². The van der Waals surface area contributed by atoms with Crippen LogP contribution in [-0.2, 0) is 6.61 Å². The highest BCUT2D eigenvalue weighted by Crippen LogP contribution is 2.28. The second-order valence-corrected chi connectivity index (χ2v) is 4.63. The Balaban J connectivity index is 2.12. The fourth-order valence-corrected chi connectivity index (χ4v) is 1.82. The molecule has 0 aromatic heterocycles.